The van der Waals surface area contributed by atoms with E-state index in [9.17, 15) is 9.90 Å². The Bertz CT molecular complexity index is 538. The van der Waals surface area contributed by atoms with Crippen LogP contribution in [0.4, 0.5) is 5.69 Å². The minimum absolute atomic E-state index is 0.0356. The number of rotatable bonds is 9. The van der Waals surface area contributed by atoms with E-state index in [1.165, 1.54) is 6.42 Å². The van der Waals surface area contributed by atoms with Crippen molar-refractivity contribution < 1.29 is 9.90 Å². The molecule has 1 aromatic rings. The van der Waals surface area contributed by atoms with E-state index in [1.54, 1.807) is 12.1 Å². The zero-order valence-corrected chi connectivity index (χ0v) is 14.1. The molecular formula is C18H28N4O2. The van der Waals surface area contributed by atoms with E-state index in [0.29, 0.717) is 25.2 Å². The minimum Gasteiger partial charge on any atom is -0.390 e. The van der Waals surface area contributed by atoms with E-state index in [2.05, 4.69) is 10.6 Å². The van der Waals surface area contributed by atoms with E-state index in [1.807, 2.05) is 12.1 Å². The van der Waals surface area contributed by atoms with Gasteiger partial charge in [-0.3, -0.25) is 10.2 Å². The summed E-state index contributed by atoms with van der Waals surface area (Å²) < 4.78 is 0. The van der Waals surface area contributed by atoms with Crippen molar-refractivity contribution in [2.75, 3.05) is 25.0 Å². The number of nitrogens with one attached hydrogen (secondary N) is 3. The molecule has 0 aromatic heterocycles. The maximum Gasteiger partial charge on any atom is 0.149 e. The van der Waals surface area contributed by atoms with E-state index < -0.39 is 6.10 Å². The first-order valence-electron chi connectivity index (χ1n) is 8.66. The standard InChI is InChI=1S/C18H28N4O2/c19-18(20)14-6-8-15(9-7-14)22-11-16(23)10-21-12-17(24)13-4-2-1-3-5-13/h6-9,13,16,21-23H,1-5,10-12H2,(H3,19,20). The summed E-state index contributed by atoms with van der Waals surface area (Å²) in [5, 5.41) is 23.5. The molecule has 1 saturated carbocycles. The summed E-state index contributed by atoms with van der Waals surface area (Å²) in [4.78, 5) is 12.1. The van der Waals surface area contributed by atoms with Gasteiger partial charge in [0, 0.05) is 30.3 Å². The lowest BCUT2D eigenvalue weighted by molar-refractivity contribution is -0.122. The molecule has 6 N–H and O–H groups in total. The zero-order chi connectivity index (χ0) is 17.4. The molecule has 132 valence electrons. The number of aliphatic hydroxyl groups excluding tert-OH is 1. The quantitative estimate of drug-likeness (QED) is 0.347. The van der Waals surface area contributed by atoms with Crippen molar-refractivity contribution in [1.82, 2.24) is 5.32 Å². The van der Waals surface area contributed by atoms with Gasteiger partial charge in [0.2, 0.25) is 0 Å². The van der Waals surface area contributed by atoms with Crippen LogP contribution >= 0.6 is 0 Å². The number of nitrogen functional groups attached to an aromatic ring is 1. The van der Waals surface area contributed by atoms with Crippen molar-refractivity contribution in [1.29, 1.82) is 5.41 Å². The van der Waals surface area contributed by atoms with Gasteiger partial charge in [0.25, 0.3) is 0 Å². The fourth-order valence-corrected chi connectivity index (χ4v) is 3.01. The Morgan fingerprint density at radius 3 is 2.50 bits per heavy atom. The summed E-state index contributed by atoms with van der Waals surface area (Å²) in [5.74, 6) is 0.518. The number of Topliss-reactive ketones (excluding diaryl/α,β-unsaturated/α-hetero) is 1. The van der Waals surface area contributed by atoms with Crippen LogP contribution in [0.5, 0.6) is 0 Å². The predicted octanol–water partition coefficient (Wildman–Crippen LogP) is 1.48. The van der Waals surface area contributed by atoms with Crippen LogP contribution in [-0.4, -0.2) is 42.5 Å². The third-order valence-corrected chi connectivity index (χ3v) is 4.48. The van der Waals surface area contributed by atoms with Crippen LogP contribution in [-0.2, 0) is 4.79 Å². The SMILES string of the molecule is N=C(N)c1ccc(NCC(O)CNCC(=O)C2CCCCC2)cc1. The second-order valence-electron chi connectivity index (χ2n) is 6.46. The number of benzene rings is 1. The fourth-order valence-electron chi connectivity index (χ4n) is 3.01. The molecule has 1 unspecified atom stereocenters. The maximum absolute atomic E-state index is 12.1. The first-order valence-corrected chi connectivity index (χ1v) is 8.66. The first-order chi connectivity index (χ1) is 11.6. The molecule has 0 saturated heterocycles. The summed E-state index contributed by atoms with van der Waals surface area (Å²) in [7, 11) is 0. The van der Waals surface area contributed by atoms with Crippen LogP contribution in [0.3, 0.4) is 0 Å². The summed E-state index contributed by atoms with van der Waals surface area (Å²) in [6.45, 7) is 1.12. The van der Waals surface area contributed by atoms with Gasteiger partial charge in [-0.15, -0.1) is 0 Å². The van der Waals surface area contributed by atoms with Gasteiger partial charge in [-0.05, 0) is 37.1 Å². The molecule has 24 heavy (non-hydrogen) atoms. The lowest BCUT2D eigenvalue weighted by Gasteiger charge is -2.21. The number of hydrogen-bond donors (Lipinski definition) is 5. The zero-order valence-electron chi connectivity index (χ0n) is 14.1. The van der Waals surface area contributed by atoms with Crippen molar-refractivity contribution in [2.24, 2.45) is 11.7 Å². The lowest BCUT2D eigenvalue weighted by atomic mass is 9.86. The minimum atomic E-state index is -0.573. The number of amidine groups is 1. The molecule has 0 heterocycles. The summed E-state index contributed by atoms with van der Waals surface area (Å²) in [6, 6.07) is 7.17. The van der Waals surface area contributed by atoms with Gasteiger partial charge in [0.15, 0.2) is 0 Å². The van der Waals surface area contributed by atoms with Crippen molar-refractivity contribution in [2.45, 2.75) is 38.2 Å². The first kappa shape index (κ1) is 18.4. The average molecular weight is 332 g/mol. The Balaban J connectivity index is 1.63. The van der Waals surface area contributed by atoms with Gasteiger partial charge in [0.05, 0.1) is 12.6 Å². The predicted molar refractivity (Wildman–Crippen MR) is 96.4 cm³/mol. The van der Waals surface area contributed by atoms with Crippen molar-refractivity contribution in [3.05, 3.63) is 29.8 Å². The van der Waals surface area contributed by atoms with Gasteiger partial charge in [-0.1, -0.05) is 19.3 Å². The molecule has 1 aliphatic carbocycles. The molecule has 2 rings (SSSR count). The number of aliphatic hydroxyl groups is 1. The van der Waals surface area contributed by atoms with Crippen molar-refractivity contribution in [3.8, 4) is 0 Å². The number of hydrogen-bond acceptors (Lipinski definition) is 5. The van der Waals surface area contributed by atoms with Crippen LogP contribution in [0.2, 0.25) is 0 Å². The molecule has 1 fully saturated rings. The van der Waals surface area contributed by atoms with Crippen molar-refractivity contribution >= 4 is 17.3 Å². The Morgan fingerprint density at radius 1 is 1.21 bits per heavy atom. The van der Waals surface area contributed by atoms with E-state index in [-0.39, 0.29) is 17.5 Å². The molecule has 1 aliphatic rings. The van der Waals surface area contributed by atoms with Gasteiger partial charge in [0.1, 0.15) is 11.6 Å². The third kappa shape index (κ3) is 5.94. The topological polar surface area (TPSA) is 111 Å². The third-order valence-electron chi connectivity index (χ3n) is 4.48. The summed E-state index contributed by atoms with van der Waals surface area (Å²) in [6.07, 6.45) is 5.02. The maximum atomic E-state index is 12.1. The summed E-state index contributed by atoms with van der Waals surface area (Å²) in [5.41, 5.74) is 6.94. The van der Waals surface area contributed by atoms with Crippen LogP contribution < -0.4 is 16.4 Å². The van der Waals surface area contributed by atoms with E-state index in [4.69, 9.17) is 11.1 Å². The fraction of sp³-hybridized carbons (Fsp3) is 0.556. The van der Waals surface area contributed by atoms with Gasteiger partial charge in [-0.2, -0.15) is 0 Å². The second-order valence-corrected chi connectivity index (χ2v) is 6.46. The molecule has 6 nitrogen and oxygen atoms in total. The molecule has 0 aliphatic heterocycles. The van der Waals surface area contributed by atoms with Crippen LogP contribution in [0.15, 0.2) is 24.3 Å². The van der Waals surface area contributed by atoms with Crippen LogP contribution in [0.25, 0.3) is 0 Å². The highest BCUT2D eigenvalue weighted by atomic mass is 16.3. The van der Waals surface area contributed by atoms with Gasteiger partial charge < -0.3 is 21.5 Å². The highest BCUT2D eigenvalue weighted by Gasteiger charge is 2.20. The van der Waals surface area contributed by atoms with Crippen LogP contribution in [0, 0.1) is 11.3 Å². The Hall–Kier alpha value is -1.92. The number of ketones is 1. The van der Waals surface area contributed by atoms with E-state index >= 15 is 0 Å². The van der Waals surface area contributed by atoms with Crippen molar-refractivity contribution in [3.63, 3.8) is 0 Å². The van der Waals surface area contributed by atoms with Gasteiger partial charge >= 0.3 is 0 Å². The monoisotopic (exact) mass is 332 g/mol. The second kappa shape index (κ2) is 9.39. The molecule has 1 atom stereocenters. The number of carbonyl (C=O) groups excluding carboxylic acids is 1. The number of anilines is 1. The number of nitrogens with two attached hydrogens (primary N) is 1. The highest BCUT2D eigenvalue weighted by molar-refractivity contribution is 5.95. The molecular weight excluding hydrogens is 304 g/mol. The molecule has 6 heteroatoms. The molecule has 0 bridgehead atoms. The Labute approximate surface area is 143 Å². The molecule has 1 aromatic carbocycles. The average Bonchev–Trinajstić information content (AvgIpc) is 2.61. The van der Waals surface area contributed by atoms with Crippen LogP contribution in [0.1, 0.15) is 37.7 Å². The Morgan fingerprint density at radius 2 is 1.88 bits per heavy atom. The molecule has 0 spiro atoms. The largest absolute Gasteiger partial charge is 0.390 e. The Kier molecular flexibility index (Phi) is 7.21. The molecule has 0 amide bonds. The van der Waals surface area contributed by atoms with Gasteiger partial charge in [-0.25, -0.2) is 0 Å². The highest BCUT2D eigenvalue weighted by Crippen LogP contribution is 2.23. The summed E-state index contributed by atoms with van der Waals surface area (Å²) >= 11 is 0. The van der Waals surface area contributed by atoms with E-state index in [0.717, 1.165) is 31.4 Å². The molecule has 0 radical (unpaired) electrons. The lowest BCUT2D eigenvalue weighted by Crippen LogP contribution is -2.37. The number of carbonyl (C=O) groups is 1. The smallest absolute Gasteiger partial charge is 0.149 e. The normalized spacial score (nSPS) is 16.5.